The molecular formula is C13H24ClN3O2. The molecule has 0 radical (unpaired) electrons. The van der Waals surface area contributed by atoms with Crippen molar-refractivity contribution in [2.45, 2.75) is 43.7 Å². The fourth-order valence-corrected chi connectivity index (χ4v) is 3.36. The largest absolute Gasteiger partial charge is 0.373 e. The number of amides is 2. The number of carbonyl (C=O) groups excluding carboxylic acids is 1. The molecule has 3 saturated heterocycles. The summed E-state index contributed by atoms with van der Waals surface area (Å²) in [4.78, 5) is 14.0. The smallest absolute Gasteiger partial charge is 0.317 e. The predicted molar refractivity (Wildman–Crippen MR) is 75.8 cm³/mol. The van der Waals surface area contributed by atoms with Gasteiger partial charge in [0, 0.05) is 32.3 Å². The van der Waals surface area contributed by atoms with Crippen molar-refractivity contribution in [1.82, 2.24) is 15.5 Å². The highest BCUT2D eigenvalue weighted by atomic mass is 35.5. The van der Waals surface area contributed by atoms with E-state index < -0.39 is 0 Å². The number of rotatable bonds is 1. The van der Waals surface area contributed by atoms with Crippen LogP contribution >= 0.6 is 12.4 Å². The van der Waals surface area contributed by atoms with Crippen LogP contribution in [0.15, 0.2) is 0 Å². The van der Waals surface area contributed by atoms with Crippen molar-refractivity contribution in [2.24, 2.45) is 0 Å². The molecule has 3 fully saturated rings. The topological polar surface area (TPSA) is 53.6 Å². The third-order valence-corrected chi connectivity index (χ3v) is 4.42. The molecule has 0 aromatic rings. The van der Waals surface area contributed by atoms with Gasteiger partial charge in [-0.2, -0.15) is 0 Å². The Morgan fingerprint density at radius 2 is 2.16 bits per heavy atom. The molecule has 110 valence electrons. The molecule has 2 N–H and O–H groups in total. The van der Waals surface area contributed by atoms with Crippen LogP contribution in [0.2, 0.25) is 0 Å². The first kappa shape index (κ1) is 14.9. The highest BCUT2D eigenvalue weighted by Crippen LogP contribution is 2.30. The van der Waals surface area contributed by atoms with Gasteiger partial charge < -0.3 is 20.3 Å². The molecule has 3 rings (SSSR count). The quantitative estimate of drug-likeness (QED) is 0.761. The molecule has 1 spiro atoms. The van der Waals surface area contributed by atoms with Crippen LogP contribution in [0.1, 0.15) is 32.1 Å². The average molecular weight is 290 g/mol. The number of nitrogens with one attached hydrogen (secondary N) is 2. The average Bonchev–Trinajstić information content (AvgIpc) is 3.01. The molecule has 0 aromatic heterocycles. The lowest BCUT2D eigenvalue weighted by Gasteiger charge is -2.38. The fourth-order valence-electron chi connectivity index (χ4n) is 3.36. The van der Waals surface area contributed by atoms with Gasteiger partial charge in [-0.05, 0) is 38.6 Å². The summed E-state index contributed by atoms with van der Waals surface area (Å²) in [5.41, 5.74) is -0.0127. The van der Waals surface area contributed by atoms with Crippen LogP contribution in [0.4, 0.5) is 4.79 Å². The summed E-state index contributed by atoms with van der Waals surface area (Å²) in [5, 5.41) is 6.55. The summed E-state index contributed by atoms with van der Waals surface area (Å²) in [6.07, 6.45) is 5.27. The van der Waals surface area contributed by atoms with E-state index in [1.54, 1.807) is 0 Å². The van der Waals surface area contributed by atoms with E-state index in [1.165, 1.54) is 0 Å². The van der Waals surface area contributed by atoms with Crippen molar-refractivity contribution < 1.29 is 9.53 Å². The zero-order valence-corrected chi connectivity index (χ0v) is 12.1. The van der Waals surface area contributed by atoms with Gasteiger partial charge in [0.25, 0.3) is 0 Å². The fraction of sp³-hybridized carbons (Fsp3) is 0.923. The van der Waals surface area contributed by atoms with Crippen LogP contribution in [0.5, 0.6) is 0 Å². The molecule has 6 heteroatoms. The molecule has 2 atom stereocenters. The maximum atomic E-state index is 12.1. The van der Waals surface area contributed by atoms with Crippen LogP contribution in [-0.2, 0) is 4.74 Å². The number of carbonyl (C=O) groups is 1. The van der Waals surface area contributed by atoms with E-state index in [2.05, 4.69) is 10.6 Å². The lowest BCUT2D eigenvalue weighted by Crippen LogP contribution is -2.52. The van der Waals surface area contributed by atoms with Gasteiger partial charge in [-0.25, -0.2) is 4.79 Å². The Balaban J connectivity index is 0.00000133. The molecule has 3 aliphatic heterocycles. The minimum Gasteiger partial charge on any atom is -0.373 e. The zero-order chi connectivity index (χ0) is 12.4. The van der Waals surface area contributed by atoms with Gasteiger partial charge in [0.1, 0.15) is 0 Å². The maximum absolute atomic E-state index is 12.1. The van der Waals surface area contributed by atoms with E-state index in [0.717, 1.165) is 64.9 Å². The maximum Gasteiger partial charge on any atom is 0.317 e. The van der Waals surface area contributed by atoms with Gasteiger partial charge in [-0.3, -0.25) is 0 Å². The monoisotopic (exact) mass is 289 g/mol. The van der Waals surface area contributed by atoms with Gasteiger partial charge >= 0.3 is 6.03 Å². The first-order chi connectivity index (χ1) is 8.77. The molecule has 0 bridgehead atoms. The zero-order valence-electron chi connectivity index (χ0n) is 11.3. The van der Waals surface area contributed by atoms with Gasteiger partial charge in [0.2, 0.25) is 0 Å². The highest BCUT2D eigenvalue weighted by molar-refractivity contribution is 5.85. The molecule has 0 saturated carbocycles. The Hall–Kier alpha value is -0.520. The van der Waals surface area contributed by atoms with E-state index >= 15 is 0 Å². The first-order valence-corrected chi connectivity index (χ1v) is 7.18. The first-order valence-electron chi connectivity index (χ1n) is 7.18. The Morgan fingerprint density at radius 3 is 2.84 bits per heavy atom. The summed E-state index contributed by atoms with van der Waals surface area (Å²) in [6.45, 7) is 4.58. The predicted octanol–water partition coefficient (Wildman–Crippen LogP) is 1.12. The number of urea groups is 1. The minimum atomic E-state index is -0.0127. The second kappa shape index (κ2) is 6.29. The summed E-state index contributed by atoms with van der Waals surface area (Å²) in [7, 11) is 0. The van der Waals surface area contributed by atoms with E-state index in [-0.39, 0.29) is 30.1 Å². The lowest BCUT2D eigenvalue weighted by atomic mass is 9.89. The van der Waals surface area contributed by atoms with Crippen LogP contribution in [0, 0.1) is 0 Å². The molecule has 0 aromatic carbocycles. The normalized spacial score (nSPS) is 34.3. The number of ether oxygens (including phenoxy) is 1. The van der Waals surface area contributed by atoms with Crippen molar-refractivity contribution in [3.63, 3.8) is 0 Å². The SMILES string of the molecule is Cl.O=C(N[C@@H]1CCO[C@]2(CCNC2)C1)N1CCCC1. The van der Waals surface area contributed by atoms with Crippen LogP contribution < -0.4 is 10.6 Å². The summed E-state index contributed by atoms with van der Waals surface area (Å²) >= 11 is 0. The third-order valence-electron chi connectivity index (χ3n) is 4.42. The molecule has 0 unspecified atom stereocenters. The second-order valence-corrected chi connectivity index (χ2v) is 5.79. The van der Waals surface area contributed by atoms with Gasteiger partial charge in [-0.15, -0.1) is 12.4 Å². The highest BCUT2D eigenvalue weighted by Gasteiger charge is 2.40. The Morgan fingerprint density at radius 1 is 1.37 bits per heavy atom. The van der Waals surface area contributed by atoms with Crippen molar-refractivity contribution in [3.05, 3.63) is 0 Å². The summed E-state index contributed by atoms with van der Waals surface area (Å²) in [6, 6.07) is 0.409. The summed E-state index contributed by atoms with van der Waals surface area (Å²) in [5.74, 6) is 0. The molecule has 3 aliphatic rings. The van der Waals surface area contributed by atoms with Crippen molar-refractivity contribution in [1.29, 1.82) is 0 Å². The summed E-state index contributed by atoms with van der Waals surface area (Å²) < 4.78 is 5.94. The lowest BCUT2D eigenvalue weighted by molar-refractivity contribution is -0.0731. The number of nitrogens with zero attached hydrogens (tertiary/aromatic N) is 1. The van der Waals surface area contributed by atoms with Crippen LogP contribution in [-0.4, -0.2) is 55.4 Å². The van der Waals surface area contributed by atoms with Crippen molar-refractivity contribution in [3.8, 4) is 0 Å². The standard InChI is InChI=1S/C13H23N3O2.ClH/c17-12(16-6-1-2-7-16)15-11-3-8-18-13(9-11)4-5-14-10-13;/h11,14H,1-10H2,(H,15,17);1H/t11-,13-;/m1./s1. The number of hydrogen-bond acceptors (Lipinski definition) is 3. The van der Waals surface area contributed by atoms with E-state index in [1.807, 2.05) is 4.90 Å². The van der Waals surface area contributed by atoms with Crippen LogP contribution in [0.3, 0.4) is 0 Å². The minimum absolute atomic E-state index is 0. The molecule has 2 amide bonds. The van der Waals surface area contributed by atoms with Gasteiger partial charge in [-0.1, -0.05) is 0 Å². The van der Waals surface area contributed by atoms with E-state index in [9.17, 15) is 4.79 Å². The molecule has 5 nitrogen and oxygen atoms in total. The number of likely N-dealkylation sites (tertiary alicyclic amines) is 1. The van der Waals surface area contributed by atoms with Crippen LogP contribution in [0.25, 0.3) is 0 Å². The number of halogens is 1. The molecular weight excluding hydrogens is 266 g/mol. The molecule has 3 heterocycles. The van der Waals surface area contributed by atoms with Crippen molar-refractivity contribution >= 4 is 18.4 Å². The van der Waals surface area contributed by atoms with E-state index in [0.29, 0.717) is 0 Å². The van der Waals surface area contributed by atoms with Gasteiger partial charge in [0.05, 0.1) is 5.60 Å². The number of hydrogen-bond donors (Lipinski definition) is 2. The Labute approximate surface area is 120 Å². The van der Waals surface area contributed by atoms with Crippen molar-refractivity contribution in [2.75, 3.05) is 32.8 Å². The molecule has 0 aliphatic carbocycles. The van der Waals surface area contributed by atoms with Gasteiger partial charge in [0.15, 0.2) is 0 Å². The second-order valence-electron chi connectivity index (χ2n) is 5.79. The Bertz CT molecular complexity index is 315. The van der Waals surface area contributed by atoms with E-state index in [4.69, 9.17) is 4.74 Å². The third kappa shape index (κ3) is 3.33. The Kier molecular flexibility index (Phi) is 4.92. The molecule has 19 heavy (non-hydrogen) atoms.